The van der Waals surface area contributed by atoms with Crippen molar-refractivity contribution in [1.82, 2.24) is 10.6 Å². The highest BCUT2D eigenvalue weighted by Gasteiger charge is 2.29. The Morgan fingerprint density at radius 1 is 1.36 bits per heavy atom. The van der Waals surface area contributed by atoms with Gasteiger partial charge in [0.2, 0.25) is 5.91 Å². The number of hydrogen-bond donors (Lipinski definition) is 2. The van der Waals surface area contributed by atoms with E-state index in [1.54, 1.807) is 0 Å². The number of hydrogen-bond acceptors (Lipinski definition) is 2. The summed E-state index contributed by atoms with van der Waals surface area (Å²) in [5, 5.41) is 6.65. The summed E-state index contributed by atoms with van der Waals surface area (Å²) in [7, 11) is 0. The summed E-state index contributed by atoms with van der Waals surface area (Å²) in [5.41, 5.74) is 2.38. The molecule has 0 aliphatic carbocycles. The van der Waals surface area contributed by atoms with Crippen molar-refractivity contribution in [3.63, 3.8) is 0 Å². The number of benzene rings is 1. The van der Waals surface area contributed by atoms with Crippen molar-refractivity contribution in [3.8, 4) is 0 Å². The number of rotatable bonds is 4. The van der Waals surface area contributed by atoms with Crippen molar-refractivity contribution in [3.05, 3.63) is 35.4 Å². The first kappa shape index (κ1) is 19.0. The Labute approximate surface area is 140 Å². The average Bonchev–Trinajstić information content (AvgIpc) is 2.40. The molecule has 0 unspecified atom stereocenters. The van der Waals surface area contributed by atoms with Crippen molar-refractivity contribution in [2.45, 2.75) is 58.5 Å². The Morgan fingerprint density at radius 2 is 2.05 bits per heavy atom. The first-order valence-electron chi connectivity index (χ1n) is 7.97. The zero-order valence-electron chi connectivity index (χ0n) is 14.1. The Morgan fingerprint density at radius 3 is 2.68 bits per heavy atom. The second-order valence-corrected chi connectivity index (χ2v) is 7.05. The molecule has 3 nitrogen and oxygen atoms in total. The summed E-state index contributed by atoms with van der Waals surface area (Å²) in [6, 6.07) is 8.83. The third kappa shape index (κ3) is 5.29. The molecule has 0 spiro atoms. The van der Waals surface area contributed by atoms with Crippen LogP contribution in [0.3, 0.4) is 0 Å². The summed E-state index contributed by atoms with van der Waals surface area (Å²) >= 11 is 0. The summed E-state index contributed by atoms with van der Waals surface area (Å²) in [6.07, 6.45) is 2.74. The number of amides is 1. The van der Waals surface area contributed by atoms with Crippen LogP contribution >= 0.6 is 12.4 Å². The highest BCUT2D eigenvalue weighted by molar-refractivity contribution is 5.85. The Kier molecular flexibility index (Phi) is 6.89. The lowest BCUT2D eigenvalue weighted by Crippen LogP contribution is -2.50. The fourth-order valence-corrected chi connectivity index (χ4v) is 3.13. The van der Waals surface area contributed by atoms with Crippen molar-refractivity contribution in [2.24, 2.45) is 5.92 Å². The van der Waals surface area contributed by atoms with E-state index < -0.39 is 0 Å². The van der Waals surface area contributed by atoms with Crippen molar-refractivity contribution in [1.29, 1.82) is 0 Å². The molecule has 1 aliphatic heterocycles. The molecule has 1 aromatic carbocycles. The van der Waals surface area contributed by atoms with Gasteiger partial charge < -0.3 is 10.6 Å². The highest BCUT2D eigenvalue weighted by Crippen LogP contribution is 2.20. The first-order valence-corrected chi connectivity index (χ1v) is 7.97. The standard InChI is InChI=1S/C18H28N2O.ClH/c1-13-7-5-6-8-16(13)12-18(3,4)20-17(21)15-9-10-19-14(2)11-15;/h5-8,14-15,19H,9-12H2,1-4H3,(H,20,21);1H/t14-,15-;/m0./s1. The predicted octanol–water partition coefficient (Wildman–Crippen LogP) is 3.24. The molecule has 1 aliphatic rings. The number of piperidine rings is 1. The van der Waals surface area contributed by atoms with Gasteiger partial charge in [0, 0.05) is 17.5 Å². The number of carbonyl (C=O) groups is 1. The van der Waals surface area contributed by atoms with Crippen LogP contribution in [-0.4, -0.2) is 24.0 Å². The maximum atomic E-state index is 12.5. The fraction of sp³-hybridized carbons (Fsp3) is 0.611. The molecule has 2 atom stereocenters. The Bertz CT molecular complexity index is 502. The lowest BCUT2D eigenvalue weighted by molar-refractivity contribution is -0.127. The monoisotopic (exact) mass is 324 g/mol. The third-order valence-corrected chi connectivity index (χ3v) is 4.35. The molecule has 22 heavy (non-hydrogen) atoms. The van der Waals surface area contributed by atoms with Gasteiger partial charge in [0.05, 0.1) is 0 Å². The molecular weight excluding hydrogens is 296 g/mol. The topological polar surface area (TPSA) is 41.1 Å². The van der Waals surface area contributed by atoms with Crippen LogP contribution in [0.25, 0.3) is 0 Å². The van der Waals surface area contributed by atoms with Crippen molar-refractivity contribution >= 4 is 18.3 Å². The minimum atomic E-state index is -0.211. The second kappa shape index (κ2) is 7.98. The van der Waals surface area contributed by atoms with Crippen LogP contribution in [0.5, 0.6) is 0 Å². The highest BCUT2D eigenvalue weighted by atomic mass is 35.5. The molecule has 124 valence electrons. The zero-order valence-corrected chi connectivity index (χ0v) is 14.9. The normalized spacial score (nSPS) is 21.8. The lowest BCUT2D eigenvalue weighted by Gasteiger charge is -2.32. The molecule has 0 bridgehead atoms. The molecule has 1 saturated heterocycles. The van der Waals surface area contributed by atoms with Gasteiger partial charge in [-0.2, -0.15) is 0 Å². The van der Waals surface area contributed by atoms with Gasteiger partial charge in [0.1, 0.15) is 0 Å². The van der Waals surface area contributed by atoms with Crippen LogP contribution in [-0.2, 0) is 11.2 Å². The summed E-state index contributed by atoms with van der Waals surface area (Å²) < 4.78 is 0. The van der Waals surface area contributed by atoms with Crippen LogP contribution in [0.15, 0.2) is 24.3 Å². The number of halogens is 1. The van der Waals surface area contributed by atoms with Gasteiger partial charge in [0.15, 0.2) is 0 Å². The van der Waals surface area contributed by atoms with E-state index in [2.05, 4.69) is 62.6 Å². The van der Waals surface area contributed by atoms with Crippen LogP contribution in [0.1, 0.15) is 44.7 Å². The molecule has 0 saturated carbocycles. The van der Waals surface area contributed by atoms with E-state index >= 15 is 0 Å². The number of aryl methyl sites for hydroxylation is 1. The molecule has 2 rings (SSSR count). The second-order valence-electron chi connectivity index (χ2n) is 7.05. The van der Waals surface area contributed by atoms with Crippen molar-refractivity contribution < 1.29 is 4.79 Å². The van der Waals surface area contributed by atoms with Gasteiger partial charge in [-0.25, -0.2) is 0 Å². The molecule has 1 aromatic rings. The molecule has 0 aromatic heterocycles. The maximum absolute atomic E-state index is 12.5. The van der Waals surface area contributed by atoms with E-state index in [4.69, 9.17) is 0 Å². The van der Waals surface area contributed by atoms with Crippen LogP contribution < -0.4 is 10.6 Å². The van der Waals surface area contributed by atoms with Crippen LogP contribution in [0.4, 0.5) is 0 Å². The van der Waals surface area contributed by atoms with E-state index in [0.717, 1.165) is 25.8 Å². The van der Waals surface area contributed by atoms with Gasteiger partial charge in [-0.1, -0.05) is 24.3 Å². The van der Waals surface area contributed by atoms with Gasteiger partial charge in [-0.15, -0.1) is 12.4 Å². The van der Waals surface area contributed by atoms with Crippen LogP contribution in [0.2, 0.25) is 0 Å². The van der Waals surface area contributed by atoms with Gasteiger partial charge in [0.25, 0.3) is 0 Å². The molecular formula is C18H29ClN2O. The minimum absolute atomic E-state index is 0. The summed E-state index contributed by atoms with van der Waals surface area (Å²) in [5.74, 6) is 0.360. The van der Waals surface area contributed by atoms with E-state index in [1.165, 1.54) is 11.1 Å². The van der Waals surface area contributed by atoms with Crippen LogP contribution in [0, 0.1) is 12.8 Å². The van der Waals surface area contributed by atoms with E-state index in [1.807, 2.05) is 0 Å². The quantitative estimate of drug-likeness (QED) is 0.892. The molecule has 2 N–H and O–H groups in total. The Balaban J connectivity index is 0.00000242. The van der Waals surface area contributed by atoms with E-state index in [9.17, 15) is 4.79 Å². The molecule has 0 radical (unpaired) electrons. The number of nitrogens with one attached hydrogen (secondary N) is 2. The molecule has 1 fully saturated rings. The smallest absolute Gasteiger partial charge is 0.223 e. The third-order valence-electron chi connectivity index (χ3n) is 4.35. The van der Waals surface area contributed by atoms with Gasteiger partial charge >= 0.3 is 0 Å². The van der Waals surface area contributed by atoms with Crippen molar-refractivity contribution in [2.75, 3.05) is 6.54 Å². The van der Waals surface area contributed by atoms with E-state index in [-0.39, 0.29) is 29.8 Å². The first-order chi connectivity index (χ1) is 9.87. The fourth-order valence-electron chi connectivity index (χ4n) is 3.13. The summed E-state index contributed by atoms with van der Waals surface area (Å²) in [4.78, 5) is 12.5. The zero-order chi connectivity index (χ0) is 15.5. The number of carbonyl (C=O) groups excluding carboxylic acids is 1. The minimum Gasteiger partial charge on any atom is -0.351 e. The van der Waals surface area contributed by atoms with Gasteiger partial charge in [-0.3, -0.25) is 4.79 Å². The Hall–Kier alpha value is -1.06. The molecule has 1 amide bonds. The molecule has 4 heteroatoms. The molecule has 1 heterocycles. The largest absolute Gasteiger partial charge is 0.351 e. The maximum Gasteiger partial charge on any atom is 0.223 e. The SMILES string of the molecule is Cc1ccccc1CC(C)(C)NC(=O)[C@H]1CCN[C@@H](C)C1.Cl. The van der Waals surface area contributed by atoms with Gasteiger partial charge in [-0.05, 0) is 64.6 Å². The lowest BCUT2D eigenvalue weighted by atomic mass is 9.89. The van der Waals surface area contributed by atoms with E-state index in [0.29, 0.717) is 6.04 Å². The predicted molar refractivity (Wildman–Crippen MR) is 94.5 cm³/mol. The average molecular weight is 325 g/mol. The summed E-state index contributed by atoms with van der Waals surface area (Å²) in [6.45, 7) is 9.45.